The summed E-state index contributed by atoms with van der Waals surface area (Å²) in [6, 6.07) is 0.604. The molecule has 0 bridgehead atoms. The first-order chi connectivity index (χ1) is 23.0. The standard InChI is InChI=1S/C36H82N4O8/c1-35(2)39(17-9-31-45,18-10-32-46)25-23-38(16-8-30-44,24-26-40(36(3)4,19-11-33-47)20-12-34-48)22-21-37(13-5-27-41,14-6-28-42)15-7-29-43/h35-36,41-48H,5-34H2,1-4H3/q+4. The summed E-state index contributed by atoms with van der Waals surface area (Å²) in [5.74, 6) is 0. The molecule has 12 nitrogen and oxygen atoms in total. The van der Waals surface area contributed by atoms with E-state index < -0.39 is 0 Å². The van der Waals surface area contributed by atoms with Gasteiger partial charge in [0.1, 0.15) is 39.3 Å². The third kappa shape index (κ3) is 17.2. The van der Waals surface area contributed by atoms with Gasteiger partial charge >= 0.3 is 0 Å². The Bertz CT molecular complexity index is 673. The molecule has 0 aromatic heterocycles. The molecule has 0 saturated heterocycles. The Hall–Kier alpha value is -0.480. The molecule has 0 radical (unpaired) electrons. The van der Waals surface area contributed by atoms with Crippen molar-refractivity contribution >= 4 is 0 Å². The fraction of sp³-hybridized carbons (Fsp3) is 1.00. The van der Waals surface area contributed by atoms with Crippen molar-refractivity contribution in [1.29, 1.82) is 0 Å². The van der Waals surface area contributed by atoms with Gasteiger partial charge in [0, 0.05) is 104 Å². The Labute approximate surface area is 294 Å². The molecule has 48 heavy (non-hydrogen) atoms. The predicted molar refractivity (Wildman–Crippen MR) is 193 cm³/mol. The third-order valence-electron chi connectivity index (χ3n) is 11.5. The van der Waals surface area contributed by atoms with Crippen LogP contribution in [0.5, 0.6) is 0 Å². The average molecular weight is 699 g/mol. The van der Waals surface area contributed by atoms with Gasteiger partial charge in [0.15, 0.2) is 0 Å². The van der Waals surface area contributed by atoms with Crippen molar-refractivity contribution < 1.29 is 58.8 Å². The molecule has 12 heteroatoms. The van der Waals surface area contributed by atoms with Crippen LogP contribution in [-0.2, 0) is 0 Å². The SMILES string of the molecule is CC(C)[N+](CCCO)(CCCO)CC[N+](CCCO)(CC[N+](CCCO)(CCCO)CCCO)CC[N+](CCCO)(CCCO)C(C)C. The summed E-state index contributed by atoms with van der Waals surface area (Å²) in [5.41, 5.74) is 0. The molecule has 0 aliphatic carbocycles. The third-order valence-corrected chi connectivity index (χ3v) is 11.5. The molecule has 0 atom stereocenters. The minimum atomic E-state index is 0.0942. The zero-order chi connectivity index (χ0) is 36.4. The fourth-order valence-corrected chi connectivity index (χ4v) is 7.98. The Morgan fingerprint density at radius 3 is 0.667 bits per heavy atom. The molecular formula is C36H82N4O8+4. The van der Waals surface area contributed by atoms with Crippen molar-refractivity contribution in [2.75, 3.05) is 144 Å². The molecular weight excluding hydrogens is 616 g/mol. The zero-order valence-corrected chi connectivity index (χ0v) is 31.7. The lowest BCUT2D eigenvalue weighted by Gasteiger charge is -2.49. The number of rotatable bonds is 35. The lowest BCUT2D eigenvalue weighted by molar-refractivity contribution is -1.02. The van der Waals surface area contributed by atoms with E-state index in [2.05, 4.69) is 27.7 Å². The number of aliphatic hydroxyl groups excluding tert-OH is 8. The predicted octanol–water partition coefficient (Wildman–Crippen LogP) is 0.130. The minimum absolute atomic E-state index is 0.0942. The zero-order valence-electron chi connectivity index (χ0n) is 31.7. The van der Waals surface area contributed by atoms with E-state index >= 15 is 0 Å². The first kappa shape index (κ1) is 47.5. The van der Waals surface area contributed by atoms with E-state index in [0.717, 1.165) is 110 Å². The Balaban J connectivity index is 7.06. The largest absolute Gasteiger partial charge is 0.396 e. The molecule has 0 rings (SSSR count). The van der Waals surface area contributed by atoms with E-state index in [1.165, 1.54) is 0 Å². The summed E-state index contributed by atoms with van der Waals surface area (Å²) in [4.78, 5) is 0. The highest BCUT2D eigenvalue weighted by Crippen LogP contribution is 2.24. The molecule has 0 saturated carbocycles. The van der Waals surface area contributed by atoms with Crippen molar-refractivity contribution in [3.63, 3.8) is 0 Å². The molecule has 0 aromatic rings. The van der Waals surface area contributed by atoms with Gasteiger partial charge in [0.05, 0.1) is 64.4 Å². The van der Waals surface area contributed by atoms with Gasteiger partial charge in [-0.25, -0.2) is 0 Å². The molecule has 0 aliphatic rings. The van der Waals surface area contributed by atoms with E-state index in [4.69, 9.17) is 0 Å². The van der Waals surface area contributed by atoms with E-state index in [1.54, 1.807) is 0 Å². The van der Waals surface area contributed by atoms with Crippen LogP contribution in [-0.4, -0.2) is 215 Å². The number of aliphatic hydroxyl groups is 8. The second-order valence-electron chi connectivity index (χ2n) is 15.1. The molecule has 0 aliphatic heterocycles. The maximum Gasteiger partial charge on any atom is 0.129 e. The van der Waals surface area contributed by atoms with Crippen LogP contribution < -0.4 is 0 Å². The smallest absolute Gasteiger partial charge is 0.129 e. The lowest BCUT2D eigenvalue weighted by Crippen LogP contribution is -2.67. The maximum absolute atomic E-state index is 10.2. The highest BCUT2D eigenvalue weighted by Gasteiger charge is 2.41. The molecule has 8 N–H and O–H groups in total. The van der Waals surface area contributed by atoms with E-state index in [1.807, 2.05) is 0 Å². The Morgan fingerprint density at radius 2 is 0.458 bits per heavy atom. The summed E-state index contributed by atoms with van der Waals surface area (Å²) in [6.07, 6.45) is 5.39. The number of nitrogens with zero attached hydrogens (tertiary/aromatic N) is 4. The van der Waals surface area contributed by atoms with Crippen molar-refractivity contribution in [3.05, 3.63) is 0 Å². The van der Waals surface area contributed by atoms with Gasteiger partial charge in [0.2, 0.25) is 0 Å². The summed E-state index contributed by atoms with van der Waals surface area (Å²) in [6.45, 7) is 21.4. The summed E-state index contributed by atoms with van der Waals surface area (Å²) >= 11 is 0. The van der Waals surface area contributed by atoms with Gasteiger partial charge in [0.25, 0.3) is 0 Å². The first-order valence-corrected chi connectivity index (χ1v) is 19.3. The van der Waals surface area contributed by atoms with Crippen LogP contribution in [0.4, 0.5) is 0 Å². The molecule has 0 heterocycles. The molecule has 0 amide bonds. The number of quaternary nitrogens is 4. The summed E-state index contributed by atoms with van der Waals surface area (Å²) < 4.78 is 3.12. The second kappa shape index (κ2) is 27.2. The van der Waals surface area contributed by atoms with Crippen LogP contribution >= 0.6 is 0 Å². The molecule has 0 aromatic carbocycles. The van der Waals surface area contributed by atoms with Gasteiger partial charge in [-0.1, -0.05) is 0 Å². The van der Waals surface area contributed by atoms with Gasteiger partial charge in [-0.05, 0) is 27.7 Å². The minimum Gasteiger partial charge on any atom is -0.396 e. The van der Waals surface area contributed by atoms with Gasteiger partial charge in [-0.15, -0.1) is 0 Å². The summed E-state index contributed by atoms with van der Waals surface area (Å²) in [7, 11) is 0. The van der Waals surface area contributed by atoms with Crippen molar-refractivity contribution in [1.82, 2.24) is 0 Å². The molecule has 290 valence electrons. The van der Waals surface area contributed by atoms with Crippen LogP contribution in [0.3, 0.4) is 0 Å². The number of hydrogen-bond acceptors (Lipinski definition) is 8. The van der Waals surface area contributed by atoms with Crippen molar-refractivity contribution in [3.8, 4) is 0 Å². The second-order valence-corrected chi connectivity index (χ2v) is 15.1. The van der Waals surface area contributed by atoms with Crippen LogP contribution in [0.2, 0.25) is 0 Å². The van der Waals surface area contributed by atoms with Gasteiger partial charge in [-0.2, -0.15) is 0 Å². The van der Waals surface area contributed by atoms with Gasteiger partial charge < -0.3 is 58.8 Å². The molecule has 0 fully saturated rings. The topological polar surface area (TPSA) is 162 Å². The summed E-state index contributed by atoms with van der Waals surface area (Å²) in [5, 5.41) is 79.1. The first-order valence-electron chi connectivity index (χ1n) is 19.3. The molecule has 0 spiro atoms. The normalized spacial score (nSPS) is 13.4. The number of hydrogen-bond donors (Lipinski definition) is 8. The maximum atomic E-state index is 10.2. The Morgan fingerprint density at radius 1 is 0.271 bits per heavy atom. The van der Waals surface area contributed by atoms with E-state index in [-0.39, 0.29) is 52.9 Å². The average Bonchev–Trinajstić information content (AvgIpc) is 3.09. The monoisotopic (exact) mass is 699 g/mol. The van der Waals surface area contributed by atoms with Crippen molar-refractivity contribution in [2.24, 2.45) is 0 Å². The Kier molecular flexibility index (Phi) is 26.9. The van der Waals surface area contributed by atoms with Gasteiger partial charge in [-0.3, -0.25) is 0 Å². The van der Waals surface area contributed by atoms with Crippen LogP contribution in [0.1, 0.15) is 79.1 Å². The van der Waals surface area contributed by atoms with E-state index in [0.29, 0.717) is 63.5 Å². The fourth-order valence-electron chi connectivity index (χ4n) is 7.98. The van der Waals surface area contributed by atoms with Crippen molar-refractivity contribution in [2.45, 2.75) is 91.1 Å². The van der Waals surface area contributed by atoms with Crippen LogP contribution in [0.25, 0.3) is 0 Å². The highest BCUT2D eigenvalue weighted by molar-refractivity contribution is 4.59. The molecule has 0 unspecified atom stereocenters. The quantitative estimate of drug-likeness (QED) is 0.0434. The van der Waals surface area contributed by atoms with E-state index in [9.17, 15) is 40.9 Å². The highest BCUT2D eigenvalue weighted by atomic mass is 16.3. The lowest BCUT2D eigenvalue weighted by atomic mass is 10.1. The van der Waals surface area contributed by atoms with Crippen LogP contribution in [0.15, 0.2) is 0 Å². The van der Waals surface area contributed by atoms with Crippen LogP contribution in [0, 0.1) is 0 Å².